The number of benzene rings is 2. The van der Waals surface area contributed by atoms with Gasteiger partial charge >= 0.3 is 23.9 Å². The predicted molar refractivity (Wildman–Crippen MR) is 512 cm³/mol. The van der Waals surface area contributed by atoms with E-state index in [2.05, 4.69) is 100 Å². The number of phenols is 1. The van der Waals surface area contributed by atoms with Crippen LogP contribution < -0.4 is 118 Å². The van der Waals surface area contributed by atoms with Gasteiger partial charge in [0.1, 0.15) is 108 Å². The van der Waals surface area contributed by atoms with Crippen LogP contribution in [0.2, 0.25) is 0 Å². The minimum absolute atomic E-state index is 0.0264. The lowest BCUT2D eigenvalue weighted by molar-refractivity contribution is -0.142. The Kier molecular flexibility index (Phi) is 55.0. The second-order valence-corrected chi connectivity index (χ2v) is 35.3. The van der Waals surface area contributed by atoms with Gasteiger partial charge in [-0.2, -0.15) is 0 Å². The molecule has 1 aromatic heterocycles. The molecule has 3 aromatic rings. The number of carboxylic acid groups (broad SMARTS) is 4. The van der Waals surface area contributed by atoms with Crippen molar-refractivity contribution in [2.75, 3.05) is 39.5 Å². The molecule has 1 heterocycles. The van der Waals surface area contributed by atoms with Gasteiger partial charge in [0, 0.05) is 44.7 Å². The summed E-state index contributed by atoms with van der Waals surface area (Å²) in [6.45, 7) is 5.74. The Morgan fingerprint density at radius 2 is 0.723 bits per heavy atom. The first-order chi connectivity index (χ1) is 69.5. The Morgan fingerprint density at radius 1 is 0.358 bits per heavy atom. The maximum absolute atomic E-state index is 14.6. The van der Waals surface area contributed by atoms with Crippen molar-refractivity contribution < 1.29 is 166 Å². The van der Waals surface area contributed by atoms with E-state index < -0.39 is 366 Å². The van der Waals surface area contributed by atoms with Crippen molar-refractivity contribution in [1.29, 1.82) is 0 Å². The number of aliphatic carboxylic acids is 4. The highest BCUT2D eigenvalue weighted by Gasteiger charge is 2.41. The number of phenolic OH excluding ortho intramolecular Hbond substituents is 1. The van der Waals surface area contributed by atoms with Gasteiger partial charge in [0.25, 0.3) is 0 Å². The third-order valence-corrected chi connectivity index (χ3v) is 22.0. The lowest BCUT2D eigenvalue weighted by Gasteiger charge is -2.29. The van der Waals surface area contributed by atoms with Crippen molar-refractivity contribution in [2.45, 2.75) is 273 Å². The SMILES string of the molecule is CC(C)C[C@H](NC(=O)[C@H](Cc1ccc(O)cc1)NC(=O)[C@@H](CO)NC(=O)[C@H](CO)NC(=O)[C@@H](NC(=O)[C@H](CC(=O)O)NC(=O)[C@H](CO)NC(=O)[C@@H](NC(=O)[C@H](Cc1ccccc1)NC(=O)[C@@H](NC(=O)CNC(=O)[C@H](CCC(=O)O)NC(=O)[C@H](C)NC(=O)[C@@H](N)Cc1c[nH]cn1)[C@@H](C)O)[C@@H](C)O)C(C)C)C(=O)N[C@@H](CCC(=O)O)C(=O)NCC(=O)N[C@@H](CCC(N)=O)C(=O)N[C@@H](C)C(=O)N[C@@H](C)C(=O)N[C@@H](CCCCN)C(=O)O. The van der Waals surface area contributed by atoms with Gasteiger partial charge in [0.2, 0.25) is 118 Å². The number of rotatable bonds is 68. The van der Waals surface area contributed by atoms with Gasteiger partial charge in [-0.3, -0.25) is 110 Å². The average Bonchev–Trinajstić information content (AvgIpc) is 0.868. The Hall–Kier alpha value is -15.5. The van der Waals surface area contributed by atoms with Crippen molar-refractivity contribution in [2.24, 2.45) is 29.0 Å². The van der Waals surface area contributed by atoms with Crippen LogP contribution >= 0.6 is 0 Å². The first-order valence-corrected chi connectivity index (χ1v) is 46.8. The molecule has 0 aliphatic carbocycles. The smallest absolute Gasteiger partial charge is 0.326 e. The summed E-state index contributed by atoms with van der Waals surface area (Å²) in [5.41, 5.74) is 17.7. The monoisotopic (exact) mass is 2100 g/mol. The molecule has 0 saturated carbocycles. The van der Waals surface area contributed by atoms with Crippen LogP contribution in [0, 0.1) is 11.8 Å². The number of H-pyrrole nitrogens is 1. The van der Waals surface area contributed by atoms with Gasteiger partial charge in [-0.05, 0) is 121 Å². The van der Waals surface area contributed by atoms with Crippen LogP contribution in [0.25, 0.3) is 0 Å². The molecule has 820 valence electrons. The molecule has 3 rings (SSSR count). The number of aliphatic hydroxyl groups excluding tert-OH is 5. The number of nitrogens with one attached hydrogen (secondary N) is 20. The summed E-state index contributed by atoms with van der Waals surface area (Å²) in [7, 11) is 0. The van der Waals surface area contributed by atoms with Crippen molar-refractivity contribution in [3.05, 3.63) is 83.9 Å². The van der Waals surface area contributed by atoms with Crippen LogP contribution in [-0.4, -0.2) is 363 Å². The van der Waals surface area contributed by atoms with Crippen LogP contribution in [0.15, 0.2) is 67.1 Å². The molecule has 36 N–H and O–H groups in total. The van der Waals surface area contributed by atoms with E-state index in [4.69, 9.17) is 17.2 Å². The lowest BCUT2D eigenvalue weighted by Crippen LogP contribution is -2.63. The standard InChI is InChI=1S/C90H136N24O34/c1-41(2)29-57(80(137)103-54(24-27-68(126)127)78(135)95-35-65(122)101-55(22-25-64(93)121)79(136)100-43(5)73(130)98-44(6)75(132)104-56(90(147)148)17-13-14-28-91)105-81(138)58(31-49-18-20-51(120)21-19-49)106-84(141)61(37-115)109-86(143)63(39-117)110-87(144)70(42(3)4)113-83(140)60(33-69(128)129)107-85(142)62(38-116)111-89(146)72(47(9)119)114-82(139)59(30-48-15-11-10-12-16-48)108-88(145)71(46(8)118)112-66(123)36-96-77(134)53(23-26-67(124)125)102-74(131)45(7)99-76(133)52(92)32-50-34-94-40-97-50/h10-12,15-16,18-21,34,40-47,52-63,70-72,115-120H,13-14,17,22-33,35-39,91-92H2,1-9H3,(H2,93,121)(H,94,97)(H,95,135)(H,96,134)(H,98,130)(H,99,133)(H,100,136)(H,101,122)(H,102,131)(H,103,137)(H,104,132)(H,105,138)(H,106,141)(H,107,142)(H,108,145)(H,109,143)(H,110,144)(H,111,146)(H,112,123)(H,113,140)(H,114,139)(H,124,125)(H,126,127)(H,128,129)(H,147,148)/t43-,44-,45-,46+,47+,52-,53-,54-,55-,56-,57-,58-,59-,60-,61+,62-,63-,70-,71-,72-/m0/s1. The highest BCUT2D eigenvalue weighted by atomic mass is 16.4. The number of nitrogens with two attached hydrogens (primary N) is 3. The molecule has 148 heavy (non-hydrogen) atoms. The first kappa shape index (κ1) is 127. The normalized spacial score (nSPS) is 15.1. The van der Waals surface area contributed by atoms with Gasteiger partial charge < -0.3 is 174 Å². The number of primary amides is 1. The van der Waals surface area contributed by atoms with Gasteiger partial charge in [-0.1, -0.05) is 70.2 Å². The van der Waals surface area contributed by atoms with Crippen LogP contribution in [0.3, 0.4) is 0 Å². The van der Waals surface area contributed by atoms with Crippen molar-refractivity contribution in [1.82, 2.24) is 111 Å². The van der Waals surface area contributed by atoms with Crippen molar-refractivity contribution in [3.8, 4) is 5.75 Å². The van der Waals surface area contributed by atoms with Gasteiger partial charge in [0.05, 0.1) is 69.6 Å². The van der Waals surface area contributed by atoms with Gasteiger partial charge in [-0.25, -0.2) is 9.78 Å². The fourth-order valence-corrected chi connectivity index (χ4v) is 13.7. The van der Waals surface area contributed by atoms with E-state index in [1.54, 1.807) is 19.9 Å². The van der Waals surface area contributed by atoms with Gasteiger partial charge in [-0.15, -0.1) is 0 Å². The zero-order valence-electron chi connectivity index (χ0n) is 82.6. The number of carbonyl (C=O) groups excluding carboxylic acids is 20. The number of hydrogen-bond donors (Lipinski definition) is 33. The molecular weight excluding hydrogens is 1960 g/mol. The molecule has 2 aromatic carbocycles. The average molecular weight is 2100 g/mol. The summed E-state index contributed by atoms with van der Waals surface area (Å²) in [4.78, 5) is 328. The molecule has 0 radical (unpaired) electrons. The van der Waals surface area contributed by atoms with E-state index in [-0.39, 0.29) is 37.1 Å². The maximum Gasteiger partial charge on any atom is 0.326 e. The molecule has 0 spiro atoms. The zero-order valence-corrected chi connectivity index (χ0v) is 82.6. The molecule has 58 heteroatoms. The highest BCUT2D eigenvalue weighted by Crippen LogP contribution is 2.17. The first-order valence-electron chi connectivity index (χ1n) is 46.8. The Labute approximate surface area is 847 Å². The van der Waals surface area contributed by atoms with E-state index >= 15 is 0 Å². The van der Waals surface area contributed by atoms with Crippen molar-refractivity contribution in [3.63, 3.8) is 0 Å². The van der Waals surface area contributed by atoms with E-state index in [1.165, 1.54) is 95.7 Å². The van der Waals surface area contributed by atoms with Crippen LogP contribution in [0.1, 0.15) is 150 Å². The molecule has 58 nitrogen and oxygen atoms in total. The second kappa shape index (κ2) is 64.3. The second-order valence-electron chi connectivity index (χ2n) is 35.3. The molecule has 0 aliphatic heterocycles. The lowest BCUT2D eigenvalue weighted by atomic mass is 10.00. The van der Waals surface area contributed by atoms with E-state index in [9.17, 15) is 166 Å². The molecule has 0 unspecified atom stereocenters. The molecular formula is C90H136N24O34. The zero-order chi connectivity index (χ0) is 112. The van der Waals surface area contributed by atoms with E-state index in [0.29, 0.717) is 24.1 Å². The quantitative estimate of drug-likeness (QED) is 0.0233. The number of carbonyl (C=O) groups is 24. The number of nitrogens with zero attached hydrogens (tertiary/aromatic N) is 1. The molecule has 0 bridgehead atoms. The number of carboxylic acids is 4. The van der Waals surface area contributed by atoms with Crippen LogP contribution in [-0.2, 0) is 134 Å². The number of aromatic nitrogens is 2. The summed E-state index contributed by atoms with van der Waals surface area (Å²) in [6.07, 6.45) is -6.27. The maximum atomic E-state index is 14.6. The summed E-state index contributed by atoms with van der Waals surface area (Å²) in [6, 6.07) is -19.0. The number of unbranched alkanes of at least 4 members (excludes halogenated alkanes) is 1. The minimum atomic E-state index is -2.23. The fraction of sp³-hybridized carbons (Fsp3) is 0.567. The molecule has 0 fully saturated rings. The number of hydrogen-bond acceptors (Lipinski definition) is 33. The number of amides is 20. The summed E-state index contributed by atoms with van der Waals surface area (Å²) in [5, 5.41) is 145. The van der Waals surface area contributed by atoms with Crippen molar-refractivity contribution >= 4 is 142 Å². The molecule has 0 aliphatic rings. The topological polar surface area (TPSA) is 947 Å². The Morgan fingerprint density at radius 3 is 1.17 bits per heavy atom. The van der Waals surface area contributed by atoms with Crippen LogP contribution in [0.4, 0.5) is 0 Å². The summed E-state index contributed by atoms with van der Waals surface area (Å²) >= 11 is 0. The number of aliphatic hydroxyl groups is 5. The molecule has 20 atom stereocenters. The molecule has 0 saturated heterocycles. The summed E-state index contributed by atoms with van der Waals surface area (Å²) in [5.74, 6) is -31.6. The fourth-order valence-electron chi connectivity index (χ4n) is 13.7. The van der Waals surface area contributed by atoms with Gasteiger partial charge in [0.15, 0.2) is 0 Å². The number of aromatic amines is 1. The van der Waals surface area contributed by atoms with E-state index in [1.807, 2.05) is 10.6 Å². The third-order valence-electron chi connectivity index (χ3n) is 22.0. The van der Waals surface area contributed by atoms with Crippen LogP contribution in [0.5, 0.6) is 5.75 Å². The number of imidazole rings is 1. The minimum Gasteiger partial charge on any atom is -0.508 e. The molecule has 20 amide bonds. The predicted octanol–water partition coefficient (Wildman–Crippen LogP) is -12.9. The summed E-state index contributed by atoms with van der Waals surface area (Å²) < 4.78 is 0. The number of aromatic hydroxyl groups is 1. The Bertz CT molecular complexity index is 5050. The largest absolute Gasteiger partial charge is 0.508 e. The third kappa shape index (κ3) is 46.2. The Balaban J connectivity index is 1.81. The highest BCUT2D eigenvalue weighted by molar-refractivity contribution is 6.03. The van der Waals surface area contributed by atoms with E-state index in [0.717, 1.165) is 13.8 Å².